The number of hydrogen-bond donors (Lipinski definition) is 0. The molecule has 4 nitrogen and oxygen atoms in total. The number of hydrogen-bond acceptors (Lipinski definition) is 3. The van der Waals surface area contributed by atoms with Crippen LogP contribution in [-0.4, -0.2) is 31.5 Å². The van der Waals surface area contributed by atoms with E-state index in [0.29, 0.717) is 11.3 Å². The number of carbonyl (C=O) groups excluding carboxylic acids is 2. The summed E-state index contributed by atoms with van der Waals surface area (Å²) in [6, 6.07) is 5.27. The van der Waals surface area contributed by atoms with Gasteiger partial charge in [-0.3, -0.25) is 4.79 Å². The molecular formula is C16H19F2NO3. The van der Waals surface area contributed by atoms with Gasteiger partial charge in [-0.1, -0.05) is 17.7 Å². The molecule has 1 aromatic rings. The Morgan fingerprint density at radius 1 is 1.41 bits per heavy atom. The van der Waals surface area contributed by atoms with Crippen LogP contribution in [0.3, 0.4) is 0 Å². The summed E-state index contributed by atoms with van der Waals surface area (Å²) in [5.74, 6) is -5.75. The molecule has 0 fully saturated rings. The summed E-state index contributed by atoms with van der Waals surface area (Å²) < 4.78 is 32.7. The van der Waals surface area contributed by atoms with Gasteiger partial charge in [-0.2, -0.15) is 8.78 Å². The number of aryl methyl sites for hydroxylation is 1. The van der Waals surface area contributed by atoms with Crippen LogP contribution in [-0.2, 0) is 19.7 Å². The van der Waals surface area contributed by atoms with Gasteiger partial charge in [0.05, 0.1) is 12.0 Å². The van der Waals surface area contributed by atoms with E-state index in [-0.39, 0.29) is 6.61 Å². The van der Waals surface area contributed by atoms with Crippen molar-refractivity contribution in [1.29, 1.82) is 0 Å². The lowest BCUT2D eigenvalue weighted by Crippen LogP contribution is -2.44. The molecular weight excluding hydrogens is 292 g/mol. The van der Waals surface area contributed by atoms with Gasteiger partial charge >= 0.3 is 11.9 Å². The van der Waals surface area contributed by atoms with Crippen molar-refractivity contribution in [2.24, 2.45) is 0 Å². The third-order valence-corrected chi connectivity index (χ3v) is 4.03. The Balaban J connectivity index is 2.44. The topological polar surface area (TPSA) is 46.6 Å². The zero-order chi connectivity index (χ0) is 16.7. The molecule has 0 saturated heterocycles. The molecule has 0 bridgehead atoms. The first-order valence-electron chi connectivity index (χ1n) is 7.08. The van der Waals surface area contributed by atoms with Crippen molar-refractivity contribution >= 4 is 17.6 Å². The smallest absolute Gasteiger partial charge is 0.377 e. The van der Waals surface area contributed by atoms with E-state index < -0.39 is 29.6 Å². The van der Waals surface area contributed by atoms with Crippen LogP contribution >= 0.6 is 0 Å². The van der Waals surface area contributed by atoms with Gasteiger partial charge in [0.25, 0.3) is 0 Å². The monoisotopic (exact) mass is 311 g/mol. The number of rotatable bonds is 4. The molecule has 1 aliphatic rings. The van der Waals surface area contributed by atoms with E-state index in [1.54, 1.807) is 19.2 Å². The molecule has 1 atom stereocenters. The molecule has 0 saturated carbocycles. The molecule has 0 aromatic heterocycles. The Morgan fingerprint density at radius 2 is 2.05 bits per heavy atom. The third-order valence-electron chi connectivity index (χ3n) is 4.03. The van der Waals surface area contributed by atoms with Gasteiger partial charge in [-0.05, 0) is 32.4 Å². The highest BCUT2D eigenvalue weighted by Crippen LogP contribution is 2.47. The summed E-state index contributed by atoms with van der Waals surface area (Å²) in [4.78, 5) is 25.3. The summed E-state index contributed by atoms with van der Waals surface area (Å²) in [7, 11) is 1.55. The van der Waals surface area contributed by atoms with Crippen LogP contribution in [0.25, 0.3) is 0 Å². The number of alkyl halides is 2. The lowest BCUT2D eigenvalue weighted by molar-refractivity contribution is -0.174. The van der Waals surface area contributed by atoms with Gasteiger partial charge < -0.3 is 9.64 Å². The Kier molecular flexibility index (Phi) is 3.98. The minimum Gasteiger partial charge on any atom is -0.462 e. The van der Waals surface area contributed by atoms with E-state index in [2.05, 4.69) is 4.74 Å². The second kappa shape index (κ2) is 5.34. The van der Waals surface area contributed by atoms with E-state index in [4.69, 9.17) is 0 Å². The maximum absolute atomic E-state index is 14.2. The first-order chi connectivity index (χ1) is 10.1. The van der Waals surface area contributed by atoms with E-state index in [1.165, 1.54) is 18.7 Å². The van der Waals surface area contributed by atoms with Crippen LogP contribution in [0.5, 0.6) is 0 Å². The lowest BCUT2D eigenvalue weighted by atomic mass is 9.78. The summed E-state index contributed by atoms with van der Waals surface area (Å²) in [6.07, 6.45) is -0.904. The fraction of sp³-hybridized carbons (Fsp3) is 0.500. The molecule has 1 aromatic carbocycles. The van der Waals surface area contributed by atoms with Crippen LogP contribution < -0.4 is 4.90 Å². The molecule has 1 heterocycles. The Labute approximate surface area is 128 Å². The normalized spacial score (nSPS) is 21.0. The van der Waals surface area contributed by atoms with Crippen LogP contribution in [0.2, 0.25) is 0 Å². The summed E-state index contributed by atoms with van der Waals surface area (Å²) in [5.41, 5.74) is 0.529. The summed E-state index contributed by atoms with van der Waals surface area (Å²) in [5, 5.41) is 0. The standard InChI is InChI=1S/C16H19F2NO3/c1-5-22-14(21)16(17,18)9-15(3)11-8-10(2)6-7-12(11)19(4)13(15)20/h6-8H,5,9H2,1-4H3. The van der Waals surface area contributed by atoms with E-state index >= 15 is 0 Å². The Hall–Kier alpha value is -1.98. The van der Waals surface area contributed by atoms with Gasteiger partial charge in [0.2, 0.25) is 5.91 Å². The molecule has 0 N–H and O–H groups in total. The maximum atomic E-state index is 14.2. The SMILES string of the molecule is CCOC(=O)C(F)(F)CC1(C)C(=O)N(C)c2ccc(C)cc21. The molecule has 1 aliphatic heterocycles. The van der Waals surface area contributed by atoms with Crippen molar-refractivity contribution in [3.8, 4) is 0 Å². The average molecular weight is 311 g/mol. The van der Waals surface area contributed by atoms with Crippen molar-refractivity contribution in [1.82, 2.24) is 0 Å². The van der Waals surface area contributed by atoms with Crippen LogP contribution in [0.4, 0.5) is 14.5 Å². The highest BCUT2D eigenvalue weighted by molar-refractivity contribution is 6.07. The number of ether oxygens (including phenoxy) is 1. The number of fused-ring (bicyclic) bond motifs is 1. The van der Waals surface area contributed by atoms with Crippen molar-refractivity contribution in [3.63, 3.8) is 0 Å². The molecule has 0 aliphatic carbocycles. The van der Waals surface area contributed by atoms with E-state index in [0.717, 1.165) is 5.56 Å². The molecule has 2 rings (SSSR count). The molecule has 1 unspecified atom stereocenters. The Bertz CT molecular complexity index is 630. The van der Waals surface area contributed by atoms with Crippen molar-refractivity contribution in [3.05, 3.63) is 29.3 Å². The van der Waals surface area contributed by atoms with Crippen LogP contribution in [0.15, 0.2) is 18.2 Å². The molecule has 0 spiro atoms. The van der Waals surface area contributed by atoms with E-state index in [9.17, 15) is 18.4 Å². The van der Waals surface area contributed by atoms with Crippen molar-refractivity contribution in [2.75, 3.05) is 18.6 Å². The quantitative estimate of drug-likeness (QED) is 0.803. The first kappa shape index (κ1) is 16.4. The zero-order valence-electron chi connectivity index (χ0n) is 13.1. The molecule has 22 heavy (non-hydrogen) atoms. The lowest BCUT2D eigenvalue weighted by Gasteiger charge is -2.27. The number of halogens is 2. The minimum absolute atomic E-state index is 0.130. The van der Waals surface area contributed by atoms with Crippen molar-refractivity contribution in [2.45, 2.75) is 38.5 Å². The number of benzene rings is 1. The molecule has 0 radical (unpaired) electrons. The van der Waals surface area contributed by atoms with Gasteiger partial charge in [0.15, 0.2) is 0 Å². The largest absolute Gasteiger partial charge is 0.462 e. The minimum atomic E-state index is -3.72. The van der Waals surface area contributed by atoms with Crippen LogP contribution in [0, 0.1) is 6.92 Å². The van der Waals surface area contributed by atoms with Gasteiger partial charge in [0, 0.05) is 19.2 Å². The molecule has 1 amide bonds. The number of likely N-dealkylation sites (N-methyl/N-ethyl adjacent to an activating group) is 1. The van der Waals surface area contributed by atoms with Gasteiger partial charge in [-0.25, -0.2) is 4.79 Å². The predicted octanol–water partition coefficient (Wildman–Crippen LogP) is 2.82. The van der Waals surface area contributed by atoms with Crippen LogP contribution in [0.1, 0.15) is 31.4 Å². The predicted molar refractivity (Wildman–Crippen MR) is 78.1 cm³/mol. The number of anilines is 1. The number of esters is 1. The third kappa shape index (κ3) is 2.46. The number of carbonyl (C=O) groups is 2. The fourth-order valence-electron chi connectivity index (χ4n) is 2.90. The maximum Gasteiger partial charge on any atom is 0.377 e. The second-order valence-corrected chi connectivity index (χ2v) is 5.82. The summed E-state index contributed by atoms with van der Waals surface area (Å²) in [6.45, 7) is 4.61. The first-order valence-corrected chi connectivity index (χ1v) is 7.08. The Morgan fingerprint density at radius 3 is 2.64 bits per heavy atom. The number of amides is 1. The average Bonchev–Trinajstić information content (AvgIpc) is 2.61. The highest BCUT2D eigenvalue weighted by Gasteiger charge is 2.55. The summed E-state index contributed by atoms with van der Waals surface area (Å²) >= 11 is 0. The fourth-order valence-corrected chi connectivity index (χ4v) is 2.90. The number of nitrogens with zero attached hydrogens (tertiary/aromatic N) is 1. The molecule has 120 valence electrons. The van der Waals surface area contributed by atoms with E-state index in [1.807, 2.05) is 13.0 Å². The zero-order valence-corrected chi connectivity index (χ0v) is 13.1. The molecule has 6 heteroatoms. The van der Waals surface area contributed by atoms with Crippen molar-refractivity contribution < 1.29 is 23.1 Å². The second-order valence-electron chi connectivity index (χ2n) is 5.82. The highest BCUT2D eigenvalue weighted by atomic mass is 19.3. The van der Waals surface area contributed by atoms with Gasteiger partial charge in [0.1, 0.15) is 0 Å². The van der Waals surface area contributed by atoms with Gasteiger partial charge in [-0.15, -0.1) is 0 Å².